The molecule has 3 rings (SSSR count). The molecular formula is C23H31N3O3. The van der Waals surface area contributed by atoms with Gasteiger partial charge in [0.2, 0.25) is 0 Å². The summed E-state index contributed by atoms with van der Waals surface area (Å²) >= 11 is 0. The molecule has 1 N–H and O–H groups in total. The van der Waals surface area contributed by atoms with Crippen LogP contribution in [0, 0.1) is 0 Å². The van der Waals surface area contributed by atoms with Gasteiger partial charge in [0.25, 0.3) is 0 Å². The summed E-state index contributed by atoms with van der Waals surface area (Å²) in [6.45, 7) is 9.63. The van der Waals surface area contributed by atoms with E-state index in [1.165, 1.54) is 11.3 Å². The average molecular weight is 398 g/mol. The largest absolute Gasteiger partial charge is 0.497 e. The number of ether oxygens (including phenoxy) is 2. The molecule has 6 heteroatoms. The maximum absolute atomic E-state index is 12.8. The minimum absolute atomic E-state index is 0.0774. The molecule has 156 valence electrons. The summed E-state index contributed by atoms with van der Waals surface area (Å²) in [6, 6.07) is 13.8. The molecule has 2 aromatic carbocycles. The second-order valence-electron chi connectivity index (χ2n) is 8.24. The molecule has 2 aromatic rings. The number of hydrogen-bond donors (Lipinski definition) is 1. The Morgan fingerprint density at radius 3 is 2.28 bits per heavy atom. The van der Waals surface area contributed by atoms with Crippen molar-refractivity contribution in [2.24, 2.45) is 0 Å². The second kappa shape index (κ2) is 8.64. The zero-order valence-electron chi connectivity index (χ0n) is 18.0. The van der Waals surface area contributed by atoms with Crippen molar-refractivity contribution in [2.75, 3.05) is 50.6 Å². The number of hydrogen-bond acceptors (Lipinski definition) is 4. The molecule has 0 unspecified atom stereocenters. The summed E-state index contributed by atoms with van der Waals surface area (Å²) in [5.74, 6) is 1.28. The van der Waals surface area contributed by atoms with Crippen molar-refractivity contribution in [3.8, 4) is 11.5 Å². The van der Waals surface area contributed by atoms with Gasteiger partial charge in [0, 0.05) is 37.9 Å². The van der Waals surface area contributed by atoms with Crippen molar-refractivity contribution in [3.05, 3.63) is 48.0 Å². The van der Waals surface area contributed by atoms with Crippen molar-refractivity contribution in [2.45, 2.75) is 26.2 Å². The molecule has 2 amide bonds. The Hall–Kier alpha value is -2.89. The fraction of sp³-hybridized carbons (Fsp3) is 0.435. The van der Waals surface area contributed by atoms with Gasteiger partial charge in [-0.3, -0.25) is 0 Å². The Labute approximate surface area is 173 Å². The van der Waals surface area contributed by atoms with Crippen LogP contribution in [0.3, 0.4) is 0 Å². The normalized spacial score (nSPS) is 14.5. The molecule has 0 radical (unpaired) electrons. The number of nitrogens with zero attached hydrogens (tertiary/aromatic N) is 2. The predicted octanol–water partition coefficient (Wildman–Crippen LogP) is 4.36. The van der Waals surface area contributed by atoms with Crippen LogP contribution < -0.4 is 19.7 Å². The van der Waals surface area contributed by atoms with Gasteiger partial charge >= 0.3 is 6.03 Å². The number of carbonyl (C=O) groups excluding carboxylic acids is 1. The lowest BCUT2D eigenvalue weighted by Gasteiger charge is -2.38. The van der Waals surface area contributed by atoms with Crippen LogP contribution in [0.1, 0.15) is 26.3 Å². The molecule has 6 nitrogen and oxygen atoms in total. The first kappa shape index (κ1) is 20.8. The van der Waals surface area contributed by atoms with Gasteiger partial charge in [-0.2, -0.15) is 0 Å². The first-order valence-corrected chi connectivity index (χ1v) is 9.96. The van der Waals surface area contributed by atoms with Crippen LogP contribution in [-0.2, 0) is 5.41 Å². The topological polar surface area (TPSA) is 54.0 Å². The Morgan fingerprint density at radius 2 is 1.66 bits per heavy atom. The number of rotatable bonds is 4. The van der Waals surface area contributed by atoms with E-state index in [0.717, 1.165) is 13.1 Å². The van der Waals surface area contributed by atoms with Gasteiger partial charge < -0.3 is 24.6 Å². The van der Waals surface area contributed by atoms with Crippen LogP contribution in [-0.4, -0.2) is 51.3 Å². The van der Waals surface area contributed by atoms with Crippen molar-refractivity contribution >= 4 is 17.4 Å². The molecular weight excluding hydrogens is 366 g/mol. The third-order valence-corrected chi connectivity index (χ3v) is 5.27. The maximum atomic E-state index is 12.8. The number of benzene rings is 2. The van der Waals surface area contributed by atoms with Crippen LogP contribution in [0.25, 0.3) is 0 Å². The maximum Gasteiger partial charge on any atom is 0.322 e. The molecule has 0 atom stereocenters. The summed E-state index contributed by atoms with van der Waals surface area (Å²) < 4.78 is 10.6. The second-order valence-corrected chi connectivity index (χ2v) is 8.24. The first-order valence-electron chi connectivity index (χ1n) is 9.96. The standard InChI is InChI=1S/C23H31N3O3/c1-23(2,3)18-8-6-7-9-20(18)25-12-14-26(15-13-25)22(27)24-19-16-17(28-4)10-11-21(19)29-5/h6-11,16H,12-15H2,1-5H3,(H,24,27). The summed E-state index contributed by atoms with van der Waals surface area (Å²) in [5.41, 5.74) is 3.28. The lowest BCUT2D eigenvalue weighted by Crippen LogP contribution is -2.50. The van der Waals surface area contributed by atoms with E-state index in [0.29, 0.717) is 30.3 Å². The minimum atomic E-state index is -0.125. The zero-order chi connectivity index (χ0) is 21.0. The van der Waals surface area contributed by atoms with E-state index in [1.54, 1.807) is 32.4 Å². The van der Waals surface area contributed by atoms with E-state index in [1.807, 2.05) is 4.90 Å². The number of methoxy groups -OCH3 is 2. The monoisotopic (exact) mass is 397 g/mol. The average Bonchev–Trinajstić information content (AvgIpc) is 2.73. The molecule has 1 aliphatic rings. The molecule has 0 aliphatic carbocycles. The number of piperazine rings is 1. The lowest BCUT2D eigenvalue weighted by atomic mass is 9.85. The van der Waals surface area contributed by atoms with Gasteiger partial charge in [-0.25, -0.2) is 4.79 Å². The lowest BCUT2D eigenvalue weighted by molar-refractivity contribution is 0.208. The molecule has 1 fully saturated rings. The number of amides is 2. The number of para-hydroxylation sites is 1. The highest BCUT2D eigenvalue weighted by Gasteiger charge is 2.26. The highest BCUT2D eigenvalue weighted by atomic mass is 16.5. The van der Waals surface area contributed by atoms with Gasteiger partial charge in [0.15, 0.2) is 0 Å². The number of nitrogens with one attached hydrogen (secondary N) is 1. The Kier molecular flexibility index (Phi) is 6.20. The third kappa shape index (κ3) is 4.75. The van der Waals surface area contributed by atoms with Gasteiger partial charge in [0.1, 0.15) is 11.5 Å². The molecule has 29 heavy (non-hydrogen) atoms. The molecule has 1 heterocycles. The van der Waals surface area contributed by atoms with Crippen LogP contribution >= 0.6 is 0 Å². The van der Waals surface area contributed by atoms with Crippen molar-refractivity contribution in [1.29, 1.82) is 0 Å². The number of carbonyl (C=O) groups is 1. The Morgan fingerprint density at radius 1 is 0.966 bits per heavy atom. The van der Waals surface area contributed by atoms with Gasteiger partial charge in [-0.1, -0.05) is 39.0 Å². The zero-order valence-corrected chi connectivity index (χ0v) is 18.0. The van der Waals surface area contributed by atoms with E-state index in [9.17, 15) is 4.79 Å². The number of urea groups is 1. The van der Waals surface area contributed by atoms with Crippen LogP contribution in [0.4, 0.5) is 16.2 Å². The molecule has 0 bridgehead atoms. The van der Waals surface area contributed by atoms with E-state index in [4.69, 9.17) is 9.47 Å². The van der Waals surface area contributed by atoms with Gasteiger partial charge in [0.05, 0.1) is 19.9 Å². The first-order chi connectivity index (χ1) is 13.8. The smallest absolute Gasteiger partial charge is 0.322 e. The third-order valence-electron chi connectivity index (χ3n) is 5.27. The van der Waals surface area contributed by atoms with Crippen molar-refractivity contribution < 1.29 is 14.3 Å². The summed E-state index contributed by atoms with van der Waals surface area (Å²) in [4.78, 5) is 17.0. The molecule has 0 saturated carbocycles. The molecule has 1 aliphatic heterocycles. The molecule has 0 spiro atoms. The Bertz CT molecular complexity index is 853. The van der Waals surface area contributed by atoms with E-state index in [2.05, 4.69) is 55.3 Å². The van der Waals surface area contributed by atoms with Crippen LogP contribution in [0.2, 0.25) is 0 Å². The van der Waals surface area contributed by atoms with Crippen LogP contribution in [0.5, 0.6) is 11.5 Å². The quantitative estimate of drug-likeness (QED) is 0.833. The summed E-state index contributed by atoms with van der Waals surface area (Å²) in [7, 11) is 3.19. The highest BCUT2D eigenvalue weighted by Crippen LogP contribution is 2.33. The van der Waals surface area contributed by atoms with Crippen LogP contribution in [0.15, 0.2) is 42.5 Å². The fourth-order valence-electron chi connectivity index (χ4n) is 3.64. The SMILES string of the molecule is COc1ccc(OC)c(NC(=O)N2CCN(c3ccccc3C(C)(C)C)CC2)c1. The number of anilines is 2. The van der Waals surface area contributed by atoms with Crippen molar-refractivity contribution in [1.82, 2.24) is 4.90 Å². The minimum Gasteiger partial charge on any atom is -0.497 e. The van der Waals surface area contributed by atoms with Gasteiger partial charge in [-0.15, -0.1) is 0 Å². The van der Waals surface area contributed by atoms with Crippen molar-refractivity contribution in [3.63, 3.8) is 0 Å². The van der Waals surface area contributed by atoms with E-state index < -0.39 is 0 Å². The molecule has 0 aromatic heterocycles. The Balaban J connectivity index is 1.67. The highest BCUT2D eigenvalue weighted by molar-refractivity contribution is 5.91. The van der Waals surface area contributed by atoms with E-state index >= 15 is 0 Å². The summed E-state index contributed by atoms with van der Waals surface area (Å²) in [6.07, 6.45) is 0. The molecule has 1 saturated heterocycles. The fourth-order valence-corrected chi connectivity index (χ4v) is 3.64. The summed E-state index contributed by atoms with van der Waals surface area (Å²) in [5, 5.41) is 2.96. The predicted molar refractivity (Wildman–Crippen MR) is 117 cm³/mol. The van der Waals surface area contributed by atoms with E-state index in [-0.39, 0.29) is 11.4 Å². The van der Waals surface area contributed by atoms with Gasteiger partial charge in [-0.05, 0) is 29.2 Å².